The van der Waals surface area contributed by atoms with Gasteiger partial charge in [0.15, 0.2) is 5.96 Å². The summed E-state index contributed by atoms with van der Waals surface area (Å²) < 4.78 is 5.36. The molecule has 0 fully saturated rings. The molecule has 25 heavy (non-hydrogen) atoms. The lowest BCUT2D eigenvalue weighted by atomic mass is 10.1. The molecule has 0 atom stereocenters. The van der Waals surface area contributed by atoms with Crippen molar-refractivity contribution >= 4 is 5.96 Å². The zero-order valence-corrected chi connectivity index (χ0v) is 16.5. The Labute approximate surface area is 153 Å². The smallest absolute Gasteiger partial charge is 0.191 e. The summed E-state index contributed by atoms with van der Waals surface area (Å²) in [6.07, 6.45) is 0.984. The maximum atomic E-state index is 5.36. The van der Waals surface area contributed by atoms with Gasteiger partial charge in [0.2, 0.25) is 0 Å². The first-order valence-corrected chi connectivity index (χ1v) is 9.63. The van der Waals surface area contributed by atoms with Crippen molar-refractivity contribution in [2.45, 2.75) is 47.2 Å². The van der Waals surface area contributed by atoms with Gasteiger partial charge in [0.1, 0.15) is 0 Å². The highest BCUT2D eigenvalue weighted by molar-refractivity contribution is 5.79. The van der Waals surface area contributed by atoms with E-state index in [1.807, 2.05) is 6.92 Å². The standard InChI is InChI=1S/C20H36N4O/c1-5-21-20(22-14-9-15-25-8-4)23-16-18-10-12-19(13-11-18)17-24(6-2)7-3/h10-13H,5-9,14-17H2,1-4H3,(H2,21,22,23). The quantitative estimate of drug-likeness (QED) is 0.346. The molecule has 0 amide bonds. The monoisotopic (exact) mass is 348 g/mol. The van der Waals surface area contributed by atoms with Crippen LogP contribution in [0.2, 0.25) is 0 Å². The number of benzene rings is 1. The van der Waals surface area contributed by atoms with Crippen LogP contribution in [0.3, 0.4) is 0 Å². The van der Waals surface area contributed by atoms with E-state index >= 15 is 0 Å². The van der Waals surface area contributed by atoms with Crippen LogP contribution in [0.4, 0.5) is 0 Å². The summed E-state index contributed by atoms with van der Waals surface area (Å²) in [6, 6.07) is 8.79. The molecule has 0 aliphatic rings. The van der Waals surface area contributed by atoms with E-state index in [-0.39, 0.29) is 0 Å². The lowest BCUT2D eigenvalue weighted by molar-refractivity contribution is 0.145. The zero-order valence-electron chi connectivity index (χ0n) is 16.5. The van der Waals surface area contributed by atoms with E-state index in [0.29, 0.717) is 6.54 Å². The number of guanidine groups is 1. The Balaban J connectivity index is 2.49. The Hall–Kier alpha value is -1.59. The SMILES string of the molecule is CCNC(=NCc1ccc(CN(CC)CC)cc1)NCCCOCC. The molecule has 1 aromatic rings. The van der Waals surface area contributed by atoms with Gasteiger partial charge in [0.05, 0.1) is 6.54 Å². The molecular weight excluding hydrogens is 312 g/mol. The Kier molecular flexibility index (Phi) is 11.7. The highest BCUT2D eigenvalue weighted by atomic mass is 16.5. The number of aliphatic imine (C=N–C) groups is 1. The van der Waals surface area contributed by atoms with Crippen molar-refractivity contribution < 1.29 is 4.74 Å². The predicted molar refractivity (Wildman–Crippen MR) is 107 cm³/mol. The molecule has 0 bridgehead atoms. The molecule has 1 rings (SSSR count). The maximum absolute atomic E-state index is 5.36. The largest absolute Gasteiger partial charge is 0.382 e. The molecule has 0 heterocycles. The average molecular weight is 349 g/mol. The Bertz CT molecular complexity index is 469. The lowest BCUT2D eigenvalue weighted by Crippen LogP contribution is -2.38. The summed E-state index contributed by atoms with van der Waals surface area (Å²) in [5.74, 6) is 0.867. The minimum atomic E-state index is 0.687. The molecule has 0 aliphatic carbocycles. The second-order valence-corrected chi connectivity index (χ2v) is 5.95. The summed E-state index contributed by atoms with van der Waals surface area (Å²) in [5.41, 5.74) is 2.59. The maximum Gasteiger partial charge on any atom is 0.191 e. The van der Waals surface area contributed by atoms with Gasteiger partial charge in [-0.05, 0) is 44.5 Å². The Morgan fingerprint density at radius 1 is 1.00 bits per heavy atom. The molecule has 142 valence electrons. The summed E-state index contributed by atoms with van der Waals surface area (Å²) in [7, 11) is 0. The van der Waals surface area contributed by atoms with Crippen LogP contribution in [0.25, 0.3) is 0 Å². The van der Waals surface area contributed by atoms with Gasteiger partial charge in [-0.2, -0.15) is 0 Å². The van der Waals surface area contributed by atoms with Crippen LogP contribution >= 0.6 is 0 Å². The van der Waals surface area contributed by atoms with E-state index in [2.05, 4.69) is 65.6 Å². The third-order valence-corrected chi connectivity index (χ3v) is 4.05. The highest BCUT2D eigenvalue weighted by Gasteiger charge is 2.02. The third-order valence-electron chi connectivity index (χ3n) is 4.05. The van der Waals surface area contributed by atoms with Crippen molar-refractivity contribution in [1.29, 1.82) is 0 Å². The fraction of sp³-hybridized carbons (Fsp3) is 0.650. The summed E-state index contributed by atoms with van der Waals surface area (Å²) >= 11 is 0. The van der Waals surface area contributed by atoms with Crippen LogP contribution in [0.5, 0.6) is 0 Å². The molecule has 5 heteroatoms. The van der Waals surface area contributed by atoms with E-state index in [4.69, 9.17) is 4.74 Å². The fourth-order valence-electron chi connectivity index (χ4n) is 2.49. The minimum Gasteiger partial charge on any atom is -0.382 e. The van der Waals surface area contributed by atoms with Crippen molar-refractivity contribution in [3.8, 4) is 0 Å². The minimum absolute atomic E-state index is 0.687. The van der Waals surface area contributed by atoms with Crippen molar-refractivity contribution in [3.63, 3.8) is 0 Å². The average Bonchev–Trinajstić information content (AvgIpc) is 2.64. The molecule has 0 saturated heterocycles. The van der Waals surface area contributed by atoms with Crippen LogP contribution in [-0.4, -0.2) is 50.3 Å². The predicted octanol–water partition coefficient (Wildman–Crippen LogP) is 3.01. The van der Waals surface area contributed by atoms with E-state index < -0.39 is 0 Å². The van der Waals surface area contributed by atoms with E-state index in [1.165, 1.54) is 11.1 Å². The van der Waals surface area contributed by atoms with Crippen LogP contribution < -0.4 is 10.6 Å². The normalized spacial score (nSPS) is 11.8. The summed E-state index contributed by atoms with van der Waals surface area (Å²) in [5, 5.41) is 6.64. The van der Waals surface area contributed by atoms with Gasteiger partial charge in [-0.1, -0.05) is 38.1 Å². The van der Waals surface area contributed by atoms with Crippen LogP contribution in [-0.2, 0) is 17.8 Å². The van der Waals surface area contributed by atoms with Crippen molar-refractivity contribution in [2.75, 3.05) is 39.4 Å². The van der Waals surface area contributed by atoms with Crippen LogP contribution in [0.1, 0.15) is 45.2 Å². The molecule has 5 nitrogen and oxygen atoms in total. The van der Waals surface area contributed by atoms with E-state index in [1.54, 1.807) is 0 Å². The van der Waals surface area contributed by atoms with Gasteiger partial charge in [0.25, 0.3) is 0 Å². The first kappa shape index (κ1) is 21.5. The van der Waals surface area contributed by atoms with E-state index in [9.17, 15) is 0 Å². The number of hydrogen-bond donors (Lipinski definition) is 2. The van der Waals surface area contributed by atoms with Crippen LogP contribution in [0, 0.1) is 0 Å². The summed E-state index contributed by atoms with van der Waals surface area (Å²) in [4.78, 5) is 7.09. The second kappa shape index (κ2) is 13.7. The molecule has 0 saturated carbocycles. The van der Waals surface area contributed by atoms with Gasteiger partial charge in [-0.3, -0.25) is 4.90 Å². The number of nitrogens with one attached hydrogen (secondary N) is 2. The number of ether oxygens (including phenoxy) is 1. The molecule has 0 spiro atoms. The molecule has 2 N–H and O–H groups in total. The Morgan fingerprint density at radius 2 is 1.68 bits per heavy atom. The number of hydrogen-bond acceptors (Lipinski definition) is 3. The van der Waals surface area contributed by atoms with Crippen molar-refractivity contribution in [2.24, 2.45) is 4.99 Å². The molecule has 0 aliphatic heterocycles. The van der Waals surface area contributed by atoms with Crippen LogP contribution in [0.15, 0.2) is 29.3 Å². The second-order valence-electron chi connectivity index (χ2n) is 5.95. The van der Waals surface area contributed by atoms with E-state index in [0.717, 1.165) is 58.3 Å². The molecule has 0 unspecified atom stereocenters. The first-order valence-electron chi connectivity index (χ1n) is 9.63. The van der Waals surface area contributed by atoms with Crippen molar-refractivity contribution in [3.05, 3.63) is 35.4 Å². The molecular formula is C20H36N4O. The number of nitrogens with zero attached hydrogens (tertiary/aromatic N) is 2. The first-order chi connectivity index (χ1) is 12.2. The van der Waals surface area contributed by atoms with Gasteiger partial charge < -0.3 is 15.4 Å². The topological polar surface area (TPSA) is 48.9 Å². The van der Waals surface area contributed by atoms with Gasteiger partial charge in [0, 0.05) is 32.8 Å². The third kappa shape index (κ3) is 9.46. The number of rotatable bonds is 12. The molecule has 1 aromatic carbocycles. The van der Waals surface area contributed by atoms with Gasteiger partial charge in [-0.25, -0.2) is 4.99 Å². The molecule has 0 aromatic heterocycles. The van der Waals surface area contributed by atoms with Gasteiger partial charge in [-0.15, -0.1) is 0 Å². The van der Waals surface area contributed by atoms with Crippen molar-refractivity contribution in [1.82, 2.24) is 15.5 Å². The Morgan fingerprint density at radius 3 is 2.28 bits per heavy atom. The molecule has 0 radical (unpaired) electrons. The van der Waals surface area contributed by atoms with Gasteiger partial charge >= 0.3 is 0 Å². The lowest BCUT2D eigenvalue weighted by Gasteiger charge is -2.18. The summed E-state index contributed by atoms with van der Waals surface area (Å²) in [6.45, 7) is 15.7. The highest BCUT2D eigenvalue weighted by Crippen LogP contribution is 2.08. The zero-order chi connectivity index (χ0) is 18.3. The fourth-order valence-corrected chi connectivity index (χ4v) is 2.49.